The molecular formula is C29H28ClN3O4. The number of ether oxygens (including phenoxy) is 1. The molecule has 1 aromatic heterocycles. The lowest BCUT2D eigenvalue weighted by atomic mass is 10.0. The molecule has 4 rings (SSSR count). The number of carbonyl (C=O) groups excluding carboxylic acids is 3. The van der Waals surface area contributed by atoms with Gasteiger partial charge in [0.25, 0.3) is 11.8 Å². The summed E-state index contributed by atoms with van der Waals surface area (Å²) >= 11 is 6.19. The van der Waals surface area contributed by atoms with Crippen molar-refractivity contribution >= 4 is 46.0 Å². The molecule has 0 aliphatic rings. The first-order valence-electron chi connectivity index (χ1n) is 12.1. The van der Waals surface area contributed by atoms with Crippen molar-refractivity contribution in [3.8, 4) is 0 Å². The van der Waals surface area contributed by atoms with Crippen molar-refractivity contribution in [1.29, 1.82) is 0 Å². The van der Waals surface area contributed by atoms with Gasteiger partial charge in [0.15, 0.2) is 6.10 Å². The summed E-state index contributed by atoms with van der Waals surface area (Å²) in [6, 6.07) is 20.6. The predicted octanol–water partition coefficient (Wildman–Crippen LogP) is 5.30. The van der Waals surface area contributed by atoms with Crippen molar-refractivity contribution in [2.24, 2.45) is 0 Å². The number of hydrogen-bond acceptors (Lipinski definition) is 4. The molecule has 0 saturated heterocycles. The smallest absolute Gasteiger partial charge is 0.329 e. The molecule has 190 valence electrons. The topological polar surface area (TPSA) is 100 Å². The molecule has 0 aliphatic heterocycles. The molecular weight excluding hydrogens is 490 g/mol. The molecule has 0 radical (unpaired) electrons. The molecule has 0 aliphatic carbocycles. The molecule has 2 atom stereocenters. The number of aromatic nitrogens is 1. The first kappa shape index (κ1) is 26.0. The van der Waals surface area contributed by atoms with E-state index in [2.05, 4.69) is 15.6 Å². The summed E-state index contributed by atoms with van der Waals surface area (Å²) in [5.41, 5.74) is 3.72. The van der Waals surface area contributed by atoms with Crippen LogP contribution in [0.5, 0.6) is 0 Å². The Morgan fingerprint density at radius 3 is 2.41 bits per heavy atom. The van der Waals surface area contributed by atoms with E-state index in [1.807, 2.05) is 43.3 Å². The predicted molar refractivity (Wildman–Crippen MR) is 145 cm³/mol. The molecule has 1 heterocycles. The molecule has 0 spiro atoms. The summed E-state index contributed by atoms with van der Waals surface area (Å²) in [7, 11) is 0. The van der Waals surface area contributed by atoms with Crippen molar-refractivity contribution in [3.63, 3.8) is 0 Å². The minimum atomic E-state index is -1.08. The third kappa shape index (κ3) is 6.37. The first-order chi connectivity index (χ1) is 17.9. The summed E-state index contributed by atoms with van der Waals surface area (Å²) in [6.07, 6.45) is 1.76. The highest BCUT2D eigenvalue weighted by molar-refractivity contribution is 6.33. The standard InChI is InChI=1S/C29H28ClN3O4/c1-3-19-12-14-21(15-13-19)32-27(34)18(2)37-29(36)26(33-28(35)23-9-4-6-10-24(23)30)16-20-17-31-25-11-7-5-8-22(20)25/h4-15,17-18,26,31H,3,16H2,1-2H3,(H,32,34)(H,33,35)/t18?,26-/m0/s1. The molecule has 37 heavy (non-hydrogen) atoms. The SMILES string of the molecule is CCc1ccc(NC(=O)C(C)OC(=O)[C@H](Cc2c[nH]c3ccccc23)NC(=O)c2ccccc2Cl)cc1. The molecule has 0 bridgehead atoms. The van der Waals surface area contributed by atoms with Crippen LogP contribution in [0.1, 0.15) is 35.3 Å². The van der Waals surface area contributed by atoms with Gasteiger partial charge in [0.05, 0.1) is 10.6 Å². The van der Waals surface area contributed by atoms with Crippen molar-refractivity contribution in [2.45, 2.75) is 38.8 Å². The van der Waals surface area contributed by atoms with Crippen LogP contribution in [0.3, 0.4) is 0 Å². The zero-order valence-corrected chi connectivity index (χ0v) is 21.3. The minimum absolute atomic E-state index is 0.159. The van der Waals surface area contributed by atoms with E-state index < -0.39 is 29.9 Å². The van der Waals surface area contributed by atoms with Gasteiger partial charge in [-0.1, -0.05) is 61.0 Å². The second-order valence-electron chi connectivity index (χ2n) is 8.69. The van der Waals surface area contributed by atoms with Crippen molar-refractivity contribution in [3.05, 3.63) is 101 Å². The maximum Gasteiger partial charge on any atom is 0.329 e. The summed E-state index contributed by atoms with van der Waals surface area (Å²) in [4.78, 5) is 42.1. The Morgan fingerprint density at radius 2 is 1.68 bits per heavy atom. The van der Waals surface area contributed by atoms with Gasteiger partial charge in [0, 0.05) is 29.2 Å². The Balaban J connectivity index is 1.50. The molecule has 0 fully saturated rings. The van der Waals surface area contributed by atoms with Gasteiger partial charge in [-0.3, -0.25) is 9.59 Å². The van der Waals surface area contributed by atoms with Gasteiger partial charge in [0.2, 0.25) is 0 Å². The molecule has 0 saturated carbocycles. The van der Waals surface area contributed by atoms with Crippen LogP contribution >= 0.6 is 11.6 Å². The zero-order chi connectivity index (χ0) is 26.4. The summed E-state index contributed by atoms with van der Waals surface area (Å²) in [5, 5.41) is 6.68. The number of anilines is 1. The monoisotopic (exact) mass is 517 g/mol. The maximum atomic E-state index is 13.2. The Bertz CT molecular complexity index is 1410. The van der Waals surface area contributed by atoms with Crippen LogP contribution in [0.2, 0.25) is 5.02 Å². The lowest BCUT2D eigenvalue weighted by Crippen LogP contribution is -2.45. The van der Waals surface area contributed by atoms with E-state index >= 15 is 0 Å². The summed E-state index contributed by atoms with van der Waals surface area (Å²) < 4.78 is 5.51. The highest BCUT2D eigenvalue weighted by Crippen LogP contribution is 2.21. The number of esters is 1. The third-order valence-electron chi connectivity index (χ3n) is 6.10. The van der Waals surface area contributed by atoms with Gasteiger partial charge < -0.3 is 20.4 Å². The second-order valence-corrected chi connectivity index (χ2v) is 9.10. The van der Waals surface area contributed by atoms with Gasteiger partial charge in [-0.05, 0) is 54.8 Å². The van der Waals surface area contributed by atoms with Crippen molar-refractivity contribution < 1.29 is 19.1 Å². The van der Waals surface area contributed by atoms with Gasteiger partial charge in [0.1, 0.15) is 6.04 Å². The Morgan fingerprint density at radius 1 is 0.973 bits per heavy atom. The summed E-state index contributed by atoms with van der Waals surface area (Å²) in [6.45, 7) is 3.54. The first-order valence-corrected chi connectivity index (χ1v) is 12.4. The fourth-order valence-electron chi connectivity index (χ4n) is 3.97. The lowest BCUT2D eigenvalue weighted by Gasteiger charge is -2.21. The largest absolute Gasteiger partial charge is 0.451 e. The van der Waals surface area contributed by atoms with E-state index in [0.717, 1.165) is 28.5 Å². The number of aryl methyl sites for hydroxylation is 1. The van der Waals surface area contributed by atoms with E-state index in [4.69, 9.17) is 16.3 Å². The number of fused-ring (bicyclic) bond motifs is 1. The average molecular weight is 518 g/mol. The molecule has 4 aromatic rings. The quantitative estimate of drug-likeness (QED) is 0.262. The number of rotatable bonds is 9. The van der Waals surface area contributed by atoms with Gasteiger partial charge in [-0.25, -0.2) is 4.79 Å². The maximum absolute atomic E-state index is 13.2. The number of amides is 2. The third-order valence-corrected chi connectivity index (χ3v) is 6.43. The number of halogens is 1. The number of benzene rings is 3. The van der Waals surface area contributed by atoms with Crippen molar-refractivity contribution in [1.82, 2.24) is 10.3 Å². The van der Waals surface area contributed by atoms with E-state index in [0.29, 0.717) is 5.69 Å². The second kappa shape index (κ2) is 11.8. The number of H-pyrrole nitrogens is 1. The van der Waals surface area contributed by atoms with Gasteiger partial charge in [-0.15, -0.1) is 0 Å². The molecule has 8 heteroatoms. The Labute approximate surface area is 220 Å². The van der Waals surface area contributed by atoms with Crippen LogP contribution in [0.15, 0.2) is 79.0 Å². The van der Waals surface area contributed by atoms with Crippen LogP contribution in [0.4, 0.5) is 5.69 Å². The molecule has 3 N–H and O–H groups in total. The highest BCUT2D eigenvalue weighted by Gasteiger charge is 2.28. The fraction of sp³-hybridized carbons (Fsp3) is 0.207. The molecule has 1 unspecified atom stereocenters. The van der Waals surface area contributed by atoms with Gasteiger partial charge >= 0.3 is 5.97 Å². The van der Waals surface area contributed by atoms with Crippen LogP contribution in [0.25, 0.3) is 10.9 Å². The molecule has 7 nitrogen and oxygen atoms in total. The van der Waals surface area contributed by atoms with E-state index in [1.54, 1.807) is 42.6 Å². The van der Waals surface area contributed by atoms with Crippen LogP contribution < -0.4 is 10.6 Å². The summed E-state index contributed by atoms with van der Waals surface area (Å²) in [5.74, 6) is -1.71. The van der Waals surface area contributed by atoms with Gasteiger partial charge in [-0.2, -0.15) is 0 Å². The number of nitrogens with one attached hydrogen (secondary N) is 3. The number of carbonyl (C=O) groups is 3. The van der Waals surface area contributed by atoms with E-state index in [-0.39, 0.29) is 17.0 Å². The van der Waals surface area contributed by atoms with Crippen LogP contribution in [-0.2, 0) is 27.2 Å². The van der Waals surface area contributed by atoms with E-state index in [1.165, 1.54) is 6.92 Å². The van der Waals surface area contributed by atoms with E-state index in [9.17, 15) is 14.4 Å². The molecule has 3 aromatic carbocycles. The average Bonchev–Trinajstić information content (AvgIpc) is 3.31. The highest BCUT2D eigenvalue weighted by atomic mass is 35.5. The normalized spacial score (nSPS) is 12.5. The fourth-order valence-corrected chi connectivity index (χ4v) is 4.19. The number of hydrogen-bond donors (Lipinski definition) is 3. The Hall–Kier alpha value is -4.10. The van der Waals surface area contributed by atoms with Crippen LogP contribution in [-0.4, -0.2) is 34.9 Å². The molecule has 2 amide bonds. The number of para-hydroxylation sites is 1. The van der Waals surface area contributed by atoms with Crippen molar-refractivity contribution in [2.75, 3.05) is 5.32 Å². The lowest BCUT2D eigenvalue weighted by molar-refractivity contribution is -0.155. The number of aromatic amines is 1. The van der Waals surface area contributed by atoms with Crippen LogP contribution in [0, 0.1) is 0 Å². The minimum Gasteiger partial charge on any atom is -0.451 e. The zero-order valence-electron chi connectivity index (χ0n) is 20.6. The Kier molecular flexibility index (Phi) is 8.25.